The smallest absolute Gasteiger partial charge is 0.246 e. The third kappa shape index (κ3) is 2.25. The molecular formula is C11H13F2NO3S. The highest BCUT2D eigenvalue weighted by molar-refractivity contribution is 7.89. The Labute approximate surface area is 104 Å². The summed E-state index contributed by atoms with van der Waals surface area (Å²) in [5.74, 6) is -1.94. The Hall–Kier alpha value is -1.05. The quantitative estimate of drug-likeness (QED) is 0.900. The van der Waals surface area contributed by atoms with Crippen LogP contribution in [0.2, 0.25) is 0 Å². The van der Waals surface area contributed by atoms with E-state index in [0.717, 1.165) is 16.4 Å². The van der Waals surface area contributed by atoms with Crippen LogP contribution >= 0.6 is 0 Å². The Kier molecular flexibility index (Phi) is 3.65. The van der Waals surface area contributed by atoms with Crippen LogP contribution in [0.4, 0.5) is 8.78 Å². The molecular weight excluding hydrogens is 264 g/mol. The maximum atomic E-state index is 13.5. The van der Waals surface area contributed by atoms with Crippen molar-refractivity contribution >= 4 is 10.0 Å². The monoisotopic (exact) mass is 277 g/mol. The largest absolute Gasteiger partial charge is 0.395 e. The van der Waals surface area contributed by atoms with Crippen LogP contribution in [0.1, 0.15) is 12.8 Å². The first-order valence-corrected chi connectivity index (χ1v) is 6.98. The highest BCUT2D eigenvalue weighted by Crippen LogP contribution is 2.27. The van der Waals surface area contributed by atoms with Crippen molar-refractivity contribution < 1.29 is 22.3 Å². The number of rotatable bonds is 3. The molecule has 1 aliphatic rings. The van der Waals surface area contributed by atoms with Gasteiger partial charge in [0.2, 0.25) is 10.0 Å². The van der Waals surface area contributed by atoms with Gasteiger partial charge < -0.3 is 5.11 Å². The molecule has 1 saturated heterocycles. The van der Waals surface area contributed by atoms with Gasteiger partial charge in [0.1, 0.15) is 16.5 Å². The van der Waals surface area contributed by atoms with Crippen molar-refractivity contribution in [3.05, 3.63) is 29.8 Å². The van der Waals surface area contributed by atoms with E-state index in [1.807, 2.05) is 0 Å². The van der Waals surface area contributed by atoms with Gasteiger partial charge in [-0.05, 0) is 25.0 Å². The van der Waals surface area contributed by atoms with E-state index < -0.39 is 32.6 Å². The molecule has 1 atom stereocenters. The number of sulfonamides is 1. The number of nitrogens with zero attached hydrogens (tertiary/aromatic N) is 1. The fraction of sp³-hybridized carbons (Fsp3) is 0.455. The van der Waals surface area contributed by atoms with E-state index in [2.05, 4.69) is 0 Å². The van der Waals surface area contributed by atoms with Gasteiger partial charge in [-0.3, -0.25) is 0 Å². The molecule has 1 aliphatic heterocycles. The summed E-state index contributed by atoms with van der Waals surface area (Å²) in [5.41, 5.74) is 0. The second kappa shape index (κ2) is 4.91. The van der Waals surface area contributed by atoms with E-state index in [-0.39, 0.29) is 13.2 Å². The molecule has 18 heavy (non-hydrogen) atoms. The van der Waals surface area contributed by atoms with E-state index >= 15 is 0 Å². The summed E-state index contributed by atoms with van der Waals surface area (Å²) in [6, 6.07) is 1.82. The number of hydrogen-bond acceptors (Lipinski definition) is 3. The summed E-state index contributed by atoms with van der Waals surface area (Å²) < 4.78 is 51.7. The maximum Gasteiger partial charge on any atom is 0.246 e. The molecule has 0 aromatic heterocycles. The molecule has 0 bridgehead atoms. The van der Waals surface area contributed by atoms with Gasteiger partial charge >= 0.3 is 0 Å². The van der Waals surface area contributed by atoms with Gasteiger partial charge in [0.25, 0.3) is 0 Å². The molecule has 0 saturated carbocycles. The summed E-state index contributed by atoms with van der Waals surface area (Å²) in [6.45, 7) is -0.0631. The van der Waals surface area contributed by atoms with Crippen molar-refractivity contribution in [3.63, 3.8) is 0 Å². The summed E-state index contributed by atoms with van der Waals surface area (Å²) in [7, 11) is -4.02. The lowest BCUT2D eigenvalue weighted by atomic mass is 10.2. The van der Waals surface area contributed by atoms with Crippen LogP contribution < -0.4 is 0 Å². The number of hydrogen-bond donors (Lipinski definition) is 1. The van der Waals surface area contributed by atoms with Gasteiger partial charge in [0.15, 0.2) is 0 Å². The fourth-order valence-electron chi connectivity index (χ4n) is 2.12. The Morgan fingerprint density at radius 2 is 2.11 bits per heavy atom. The molecule has 1 heterocycles. The molecule has 0 aliphatic carbocycles. The zero-order valence-electron chi connectivity index (χ0n) is 9.51. The minimum atomic E-state index is -4.02. The van der Waals surface area contributed by atoms with Crippen molar-refractivity contribution in [2.24, 2.45) is 0 Å². The van der Waals surface area contributed by atoms with E-state index in [1.165, 1.54) is 0 Å². The van der Waals surface area contributed by atoms with Gasteiger partial charge in [0.05, 0.1) is 6.61 Å². The highest BCUT2D eigenvalue weighted by atomic mass is 32.2. The second-order valence-electron chi connectivity index (χ2n) is 4.17. The first-order chi connectivity index (χ1) is 8.46. The third-order valence-electron chi connectivity index (χ3n) is 3.01. The molecule has 0 unspecified atom stereocenters. The van der Waals surface area contributed by atoms with Crippen LogP contribution in [0, 0.1) is 11.6 Å². The Balaban J connectivity index is 2.42. The Morgan fingerprint density at radius 3 is 2.72 bits per heavy atom. The summed E-state index contributed by atoms with van der Waals surface area (Å²) in [5, 5.41) is 9.10. The predicted octanol–water partition coefficient (Wildman–Crippen LogP) is 1.11. The van der Waals surface area contributed by atoms with Crippen molar-refractivity contribution in [2.45, 2.75) is 23.8 Å². The lowest BCUT2D eigenvalue weighted by molar-refractivity contribution is 0.213. The van der Waals surface area contributed by atoms with Gasteiger partial charge in [-0.15, -0.1) is 0 Å². The van der Waals surface area contributed by atoms with E-state index in [0.29, 0.717) is 18.9 Å². The fourth-order valence-corrected chi connectivity index (χ4v) is 3.85. The van der Waals surface area contributed by atoms with Crippen LogP contribution in [0.3, 0.4) is 0 Å². The molecule has 7 heteroatoms. The maximum absolute atomic E-state index is 13.5. The van der Waals surface area contributed by atoms with Crippen molar-refractivity contribution in [3.8, 4) is 0 Å². The van der Waals surface area contributed by atoms with Gasteiger partial charge in [-0.2, -0.15) is 4.31 Å². The Morgan fingerprint density at radius 1 is 1.39 bits per heavy atom. The molecule has 1 N–H and O–H groups in total. The molecule has 0 amide bonds. The van der Waals surface area contributed by atoms with Crippen LogP contribution in [0.15, 0.2) is 23.1 Å². The molecule has 0 spiro atoms. The van der Waals surface area contributed by atoms with Crippen LogP contribution in [0.5, 0.6) is 0 Å². The van der Waals surface area contributed by atoms with Crippen molar-refractivity contribution in [2.75, 3.05) is 13.2 Å². The SMILES string of the molecule is O=S(=O)(c1ccc(F)cc1F)N1CCC[C@@H]1CO. The molecule has 4 nitrogen and oxygen atoms in total. The second-order valence-corrected chi connectivity index (χ2v) is 6.03. The van der Waals surface area contributed by atoms with E-state index in [1.54, 1.807) is 0 Å². The number of aliphatic hydroxyl groups is 1. The summed E-state index contributed by atoms with van der Waals surface area (Å²) >= 11 is 0. The first-order valence-electron chi connectivity index (χ1n) is 5.54. The van der Waals surface area contributed by atoms with Crippen molar-refractivity contribution in [1.29, 1.82) is 0 Å². The third-order valence-corrected chi connectivity index (χ3v) is 5.00. The zero-order chi connectivity index (χ0) is 13.3. The topological polar surface area (TPSA) is 57.6 Å². The van der Waals surface area contributed by atoms with Gasteiger partial charge in [0, 0.05) is 18.7 Å². The molecule has 2 rings (SSSR count). The molecule has 100 valence electrons. The number of benzene rings is 1. The minimum absolute atomic E-state index is 0.240. The molecule has 0 radical (unpaired) electrons. The normalized spacial score (nSPS) is 21.4. The van der Waals surface area contributed by atoms with Crippen LogP contribution in [-0.4, -0.2) is 37.0 Å². The van der Waals surface area contributed by atoms with Crippen LogP contribution in [0.25, 0.3) is 0 Å². The summed E-state index contributed by atoms with van der Waals surface area (Å²) in [4.78, 5) is -0.552. The number of aliphatic hydroxyl groups excluding tert-OH is 1. The zero-order valence-corrected chi connectivity index (χ0v) is 10.3. The standard InChI is InChI=1S/C11H13F2NO3S/c12-8-3-4-11(10(13)6-8)18(16,17)14-5-1-2-9(14)7-15/h3-4,6,9,15H,1-2,5,7H2/t9-/m1/s1. The molecule has 1 aromatic rings. The molecule has 1 aromatic carbocycles. The first kappa shape index (κ1) is 13.4. The van der Waals surface area contributed by atoms with E-state index in [9.17, 15) is 17.2 Å². The lowest BCUT2D eigenvalue weighted by Crippen LogP contribution is -2.38. The minimum Gasteiger partial charge on any atom is -0.395 e. The summed E-state index contributed by atoms with van der Waals surface area (Å²) in [6.07, 6.45) is 1.16. The van der Waals surface area contributed by atoms with Gasteiger partial charge in [-0.1, -0.05) is 0 Å². The lowest BCUT2D eigenvalue weighted by Gasteiger charge is -2.22. The predicted molar refractivity (Wildman–Crippen MR) is 60.4 cm³/mol. The van der Waals surface area contributed by atoms with Gasteiger partial charge in [-0.25, -0.2) is 17.2 Å². The average molecular weight is 277 g/mol. The number of halogens is 2. The molecule has 1 fully saturated rings. The van der Waals surface area contributed by atoms with Crippen molar-refractivity contribution in [1.82, 2.24) is 4.31 Å². The Bertz CT molecular complexity index is 547. The average Bonchev–Trinajstić information content (AvgIpc) is 2.76. The van der Waals surface area contributed by atoms with E-state index in [4.69, 9.17) is 5.11 Å². The highest BCUT2D eigenvalue weighted by Gasteiger charge is 2.36. The van der Waals surface area contributed by atoms with Crippen LogP contribution in [-0.2, 0) is 10.0 Å².